The van der Waals surface area contributed by atoms with Crippen LogP contribution in [0.3, 0.4) is 0 Å². The molecule has 1 saturated carbocycles. The van der Waals surface area contributed by atoms with Gasteiger partial charge in [0.15, 0.2) is 6.04 Å². The van der Waals surface area contributed by atoms with Gasteiger partial charge in [-0.1, -0.05) is 6.42 Å². The molecule has 0 radical (unpaired) electrons. The largest absolute Gasteiger partial charge is 0.624 e. The van der Waals surface area contributed by atoms with Crippen molar-refractivity contribution in [3.63, 3.8) is 0 Å². The van der Waals surface area contributed by atoms with Crippen molar-refractivity contribution in [1.29, 1.82) is 0 Å². The van der Waals surface area contributed by atoms with Crippen LogP contribution >= 0.6 is 11.6 Å². The zero-order chi connectivity index (χ0) is 11.0. The van der Waals surface area contributed by atoms with E-state index in [-0.39, 0.29) is 11.4 Å². The first-order chi connectivity index (χ1) is 6.57. The first kappa shape index (κ1) is 13.4. The van der Waals surface area contributed by atoms with E-state index in [9.17, 15) is 10.0 Å². The van der Waals surface area contributed by atoms with E-state index in [1.165, 1.54) is 19.3 Å². The number of aldehydes is 1. The van der Waals surface area contributed by atoms with Gasteiger partial charge in [0.1, 0.15) is 13.0 Å². The molecule has 0 aromatic carbocycles. The molecule has 14 heavy (non-hydrogen) atoms. The second-order valence-electron chi connectivity index (χ2n) is 3.52. The molecule has 1 aliphatic carbocycles. The lowest BCUT2D eigenvalue weighted by atomic mass is 9.96. The lowest BCUT2D eigenvalue weighted by Crippen LogP contribution is -2.22. The molecule has 0 bridgehead atoms. The minimum absolute atomic E-state index is 0.221. The molecular weight excluding hydrogens is 202 g/mol. The van der Waals surface area contributed by atoms with Gasteiger partial charge in [0.2, 0.25) is 0 Å². The van der Waals surface area contributed by atoms with Crippen LogP contribution in [0, 0.1) is 5.21 Å². The topological polar surface area (TPSA) is 43.1 Å². The maximum atomic E-state index is 10.6. The van der Waals surface area contributed by atoms with Crippen LogP contribution < -0.4 is 0 Å². The molecule has 0 heterocycles. The molecule has 1 atom stereocenters. The van der Waals surface area contributed by atoms with E-state index >= 15 is 0 Å². The zero-order valence-electron chi connectivity index (χ0n) is 8.62. The summed E-state index contributed by atoms with van der Waals surface area (Å²) in [5, 5.41) is 10.3. The predicted octanol–water partition coefficient (Wildman–Crippen LogP) is 2.34. The molecule has 0 spiro atoms. The Labute approximate surface area is 90.3 Å². The Morgan fingerprint density at radius 3 is 2.14 bits per heavy atom. The number of halogens is 1. The van der Waals surface area contributed by atoms with Crippen LogP contribution in [0.25, 0.3) is 0 Å². The molecule has 82 valence electrons. The van der Waals surface area contributed by atoms with Crippen LogP contribution in [0.15, 0.2) is 0 Å². The van der Waals surface area contributed by atoms with Crippen molar-refractivity contribution in [1.82, 2.24) is 0 Å². The molecule has 3 nitrogen and oxygen atoms in total. The van der Waals surface area contributed by atoms with Gasteiger partial charge >= 0.3 is 0 Å². The fourth-order valence-corrected chi connectivity index (χ4v) is 1.37. The number of hydrogen-bond donors (Lipinski definition) is 0. The average molecular weight is 220 g/mol. The van der Waals surface area contributed by atoms with Gasteiger partial charge in [0.05, 0.1) is 5.38 Å². The van der Waals surface area contributed by atoms with E-state index in [4.69, 9.17) is 11.6 Å². The highest BCUT2D eigenvalue weighted by atomic mass is 35.5. The molecule has 0 aliphatic heterocycles. The number of carbonyl (C=O) groups excluding carboxylic acids is 1. The third-order valence-electron chi connectivity index (χ3n) is 2.17. The van der Waals surface area contributed by atoms with Crippen LogP contribution in [0.2, 0.25) is 0 Å². The lowest BCUT2D eigenvalue weighted by Gasteiger charge is -2.19. The van der Waals surface area contributed by atoms with Gasteiger partial charge in [-0.3, -0.25) is 0 Å². The van der Waals surface area contributed by atoms with E-state index in [1.807, 2.05) is 0 Å². The highest BCUT2D eigenvalue weighted by Gasteiger charge is 2.17. The number of alkyl halides is 1. The van der Waals surface area contributed by atoms with Crippen molar-refractivity contribution >= 4 is 24.6 Å². The van der Waals surface area contributed by atoms with Crippen molar-refractivity contribution < 1.29 is 9.53 Å². The van der Waals surface area contributed by atoms with Gasteiger partial charge in [-0.05, 0) is 19.8 Å². The van der Waals surface area contributed by atoms with Gasteiger partial charge in [-0.15, -0.1) is 11.6 Å². The zero-order valence-corrected chi connectivity index (χ0v) is 9.37. The van der Waals surface area contributed by atoms with Crippen molar-refractivity contribution in [2.45, 2.75) is 50.4 Å². The van der Waals surface area contributed by atoms with Crippen LogP contribution in [0.5, 0.6) is 0 Å². The second-order valence-corrected chi connectivity index (χ2v) is 4.21. The lowest BCUT2D eigenvalue weighted by molar-refractivity contribution is -0.497. The highest BCUT2D eigenvalue weighted by molar-refractivity contribution is 6.27. The molecule has 1 unspecified atom stereocenters. The van der Waals surface area contributed by atoms with Crippen molar-refractivity contribution in [3.8, 4) is 0 Å². The van der Waals surface area contributed by atoms with Crippen LogP contribution in [-0.4, -0.2) is 29.2 Å². The predicted molar refractivity (Wildman–Crippen MR) is 59.0 cm³/mol. The normalized spacial score (nSPS) is 19.0. The van der Waals surface area contributed by atoms with Gasteiger partial charge in [-0.2, -0.15) is 0 Å². The number of carbonyl (C=O) groups is 1. The number of nitrogens with zero attached hydrogens (tertiary/aromatic N) is 1. The van der Waals surface area contributed by atoms with E-state index in [2.05, 4.69) is 6.72 Å². The summed E-state index contributed by atoms with van der Waals surface area (Å²) < 4.78 is 0.860. The number of hydrogen-bond acceptors (Lipinski definition) is 2. The quantitative estimate of drug-likeness (QED) is 0.179. The van der Waals surface area contributed by atoms with Crippen molar-refractivity contribution in [2.75, 3.05) is 0 Å². The smallest absolute Gasteiger partial charge is 0.162 e. The van der Waals surface area contributed by atoms with E-state index < -0.39 is 0 Å². The minimum atomic E-state index is -0.324. The third-order valence-corrected chi connectivity index (χ3v) is 2.27. The Balaban J connectivity index is 0.000000292. The molecular formula is C10H18ClNO2. The standard InChI is InChI=1S/C7H13NO.C3H5ClO/c1-8(9)7-5-3-2-4-6-7;1-3(4)2-5/h7H,1-6H2;2-3H,1H3. The summed E-state index contributed by atoms with van der Waals surface area (Å²) in [4.78, 5) is 9.37. The van der Waals surface area contributed by atoms with Gasteiger partial charge in [0.25, 0.3) is 0 Å². The van der Waals surface area contributed by atoms with E-state index in [1.54, 1.807) is 6.92 Å². The molecule has 0 saturated heterocycles. The Bertz CT molecular complexity index is 177. The van der Waals surface area contributed by atoms with Crippen molar-refractivity contribution in [3.05, 3.63) is 5.21 Å². The summed E-state index contributed by atoms with van der Waals surface area (Å²) in [5.74, 6) is 0. The highest BCUT2D eigenvalue weighted by Crippen LogP contribution is 2.18. The first-order valence-corrected chi connectivity index (χ1v) is 5.37. The van der Waals surface area contributed by atoms with Crippen molar-refractivity contribution in [2.24, 2.45) is 0 Å². The minimum Gasteiger partial charge on any atom is -0.624 e. The monoisotopic (exact) mass is 219 g/mol. The third kappa shape index (κ3) is 6.89. The molecule has 0 aromatic rings. The fraction of sp³-hybridized carbons (Fsp3) is 0.800. The average Bonchev–Trinajstić information content (AvgIpc) is 2.20. The second kappa shape index (κ2) is 7.80. The molecule has 0 aromatic heterocycles. The summed E-state index contributed by atoms with van der Waals surface area (Å²) in [7, 11) is 0. The van der Waals surface area contributed by atoms with Gasteiger partial charge in [0, 0.05) is 12.8 Å². The molecule has 0 N–H and O–H groups in total. The van der Waals surface area contributed by atoms with Crippen LogP contribution in [0.1, 0.15) is 39.0 Å². The first-order valence-electron chi connectivity index (χ1n) is 4.94. The maximum absolute atomic E-state index is 10.6. The Morgan fingerprint density at radius 1 is 1.50 bits per heavy atom. The molecule has 4 heteroatoms. The molecule has 0 amide bonds. The van der Waals surface area contributed by atoms with E-state index in [0.29, 0.717) is 6.29 Å². The maximum Gasteiger partial charge on any atom is 0.162 e. The Hall–Kier alpha value is -0.570. The Kier molecular flexibility index (Phi) is 7.48. The van der Waals surface area contributed by atoms with Crippen LogP contribution in [0.4, 0.5) is 0 Å². The molecule has 1 rings (SSSR count). The summed E-state index contributed by atoms with van der Waals surface area (Å²) in [6, 6.07) is 0.221. The summed E-state index contributed by atoms with van der Waals surface area (Å²) in [6.45, 7) is 4.96. The SMILES string of the molecule is C=[N+]([O-])C1CCCCC1.CC(Cl)C=O. The summed E-state index contributed by atoms with van der Waals surface area (Å²) >= 11 is 5.09. The van der Waals surface area contributed by atoms with Crippen LogP contribution in [-0.2, 0) is 4.79 Å². The molecule has 1 fully saturated rings. The van der Waals surface area contributed by atoms with Gasteiger partial charge in [-0.25, -0.2) is 4.74 Å². The fourth-order valence-electron chi connectivity index (χ4n) is 1.37. The van der Waals surface area contributed by atoms with Gasteiger partial charge < -0.3 is 10.0 Å². The summed E-state index contributed by atoms with van der Waals surface area (Å²) in [6.07, 6.45) is 6.49. The number of hydroxylamine groups is 1. The number of rotatable bonds is 2. The Morgan fingerprint density at radius 2 is 1.93 bits per heavy atom. The molecule has 1 aliphatic rings. The van der Waals surface area contributed by atoms with E-state index in [0.717, 1.165) is 17.6 Å². The summed E-state index contributed by atoms with van der Waals surface area (Å²) in [5.41, 5.74) is 0.